The molecule has 0 atom stereocenters. The molecule has 1 fully saturated rings. The van der Waals surface area contributed by atoms with Crippen molar-refractivity contribution in [2.75, 3.05) is 41.7 Å². The van der Waals surface area contributed by atoms with Crippen molar-refractivity contribution in [1.82, 2.24) is 10.3 Å². The molecule has 3 heterocycles. The largest absolute Gasteiger partial charge is 0.380 e. The van der Waals surface area contributed by atoms with Crippen molar-refractivity contribution in [3.63, 3.8) is 0 Å². The van der Waals surface area contributed by atoms with Gasteiger partial charge in [-0.3, -0.25) is 19.4 Å². The lowest BCUT2D eigenvalue weighted by atomic mass is 9.93. The molecule has 1 aliphatic heterocycles. The van der Waals surface area contributed by atoms with E-state index in [1.54, 1.807) is 12.3 Å². The van der Waals surface area contributed by atoms with Crippen molar-refractivity contribution in [3.05, 3.63) is 103 Å². The molecule has 3 aromatic carbocycles. The molecule has 0 saturated carbocycles. The number of carbonyl (C=O) groups excluding carboxylic acids is 1. The predicted molar refractivity (Wildman–Crippen MR) is 158 cm³/mol. The maximum absolute atomic E-state index is 13.3. The Balaban J connectivity index is 1.22. The number of benzene rings is 2. The van der Waals surface area contributed by atoms with Gasteiger partial charge in [-0.1, -0.05) is 24.3 Å². The Labute approximate surface area is 229 Å². The molecule has 6 rings (SSSR count). The summed E-state index contributed by atoms with van der Waals surface area (Å²) in [6.45, 7) is 5.34. The first-order chi connectivity index (χ1) is 19.0. The molecular formula is C30H27N5O3S. The third-order valence-electron chi connectivity index (χ3n) is 7.16. The number of hydrogen-bond acceptors (Lipinski definition) is 8. The van der Waals surface area contributed by atoms with Crippen LogP contribution in [0.25, 0.3) is 22.0 Å². The summed E-state index contributed by atoms with van der Waals surface area (Å²) in [5.41, 5.74) is 4.92. The van der Waals surface area contributed by atoms with E-state index in [0.717, 1.165) is 40.8 Å². The molecule has 1 amide bonds. The zero-order valence-corrected chi connectivity index (χ0v) is 22.2. The second-order valence-corrected chi connectivity index (χ2v) is 10.5. The normalized spacial score (nSPS) is 13.6. The minimum Gasteiger partial charge on any atom is -0.380 e. The van der Waals surface area contributed by atoms with Crippen molar-refractivity contribution in [1.29, 1.82) is 0 Å². The van der Waals surface area contributed by atoms with E-state index in [2.05, 4.69) is 20.9 Å². The van der Waals surface area contributed by atoms with Crippen LogP contribution in [0, 0.1) is 6.92 Å². The first-order valence-electron chi connectivity index (χ1n) is 12.9. The van der Waals surface area contributed by atoms with E-state index in [9.17, 15) is 14.4 Å². The summed E-state index contributed by atoms with van der Waals surface area (Å²) in [7, 11) is 0. The first-order valence-corrected chi connectivity index (χ1v) is 13.7. The van der Waals surface area contributed by atoms with Gasteiger partial charge < -0.3 is 20.9 Å². The SMILES string of the molecule is Cc1ccc(NC(=O)c2sccc2NCc2ccnc3ccccc23)cc1-c1c(N2CCNCC2)c(=O)c1=O. The highest BCUT2D eigenvalue weighted by Crippen LogP contribution is 2.32. The highest BCUT2D eigenvalue weighted by atomic mass is 32.1. The minimum absolute atomic E-state index is 0.241. The van der Waals surface area contributed by atoms with E-state index in [4.69, 9.17) is 0 Å². The molecule has 0 bridgehead atoms. The Kier molecular flexibility index (Phi) is 6.68. The molecule has 39 heavy (non-hydrogen) atoms. The third-order valence-corrected chi connectivity index (χ3v) is 8.08. The number of nitrogens with one attached hydrogen (secondary N) is 3. The van der Waals surface area contributed by atoms with Crippen LogP contribution in [0.15, 0.2) is 75.8 Å². The summed E-state index contributed by atoms with van der Waals surface area (Å²) >= 11 is 1.36. The van der Waals surface area contributed by atoms with Crippen molar-refractivity contribution in [2.45, 2.75) is 13.5 Å². The van der Waals surface area contributed by atoms with Crippen LogP contribution in [-0.4, -0.2) is 37.1 Å². The van der Waals surface area contributed by atoms with Crippen LogP contribution >= 0.6 is 11.3 Å². The number of hydrogen-bond donors (Lipinski definition) is 3. The molecular weight excluding hydrogens is 510 g/mol. The van der Waals surface area contributed by atoms with Gasteiger partial charge in [-0.25, -0.2) is 0 Å². The Bertz CT molecular complexity index is 1760. The summed E-state index contributed by atoms with van der Waals surface area (Å²) in [5, 5.41) is 12.6. The zero-order chi connectivity index (χ0) is 26.9. The Morgan fingerprint density at radius 1 is 1.05 bits per heavy atom. The number of thiophene rings is 1. The van der Waals surface area contributed by atoms with Crippen molar-refractivity contribution in [2.24, 2.45) is 0 Å². The summed E-state index contributed by atoms with van der Waals surface area (Å²) < 4.78 is 0. The molecule has 8 nitrogen and oxygen atoms in total. The second-order valence-electron chi connectivity index (χ2n) is 9.61. The molecule has 3 N–H and O–H groups in total. The van der Waals surface area contributed by atoms with Gasteiger partial charge in [0.25, 0.3) is 5.91 Å². The van der Waals surface area contributed by atoms with Crippen LogP contribution in [0.2, 0.25) is 0 Å². The summed E-state index contributed by atoms with van der Waals surface area (Å²) in [6, 6.07) is 17.3. The predicted octanol–water partition coefficient (Wildman–Crippen LogP) is 4.14. The van der Waals surface area contributed by atoms with E-state index in [0.29, 0.717) is 47.0 Å². The van der Waals surface area contributed by atoms with E-state index >= 15 is 0 Å². The fourth-order valence-corrected chi connectivity index (χ4v) is 5.87. The van der Waals surface area contributed by atoms with Gasteiger partial charge in [-0.05, 0) is 59.3 Å². The van der Waals surface area contributed by atoms with Gasteiger partial charge in [0.15, 0.2) is 0 Å². The van der Waals surface area contributed by atoms with E-state index in [-0.39, 0.29) is 5.91 Å². The lowest BCUT2D eigenvalue weighted by molar-refractivity contribution is 0.103. The van der Waals surface area contributed by atoms with Gasteiger partial charge in [-0.15, -0.1) is 11.3 Å². The number of aryl methyl sites for hydroxylation is 1. The third kappa shape index (κ3) is 4.71. The molecule has 0 spiro atoms. The number of carbonyl (C=O) groups is 1. The van der Waals surface area contributed by atoms with Gasteiger partial charge >= 0.3 is 0 Å². The van der Waals surface area contributed by atoms with Crippen LogP contribution < -0.4 is 31.7 Å². The summed E-state index contributed by atoms with van der Waals surface area (Å²) in [5.74, 6) is -0.241. The van der Waals surface area contributed by atoms with Crippen LogP contribution in [0.4, 0.5) is 17.1 Å². The fraction of sp³-hybridized carbons (Fsp3) is 0.200. The number of anilines is 3. The van der Waals surface area contributed by atoms with Gasteiger partial charge in [0.1, 0.15) is 10.6 Å². The van der Waals surface area contributed by atoms with Gasteiger partial charge in [-0.2, -0.15) is 0 Å². The van der Waals surface area contributed by atoms with Gasteiger partial charge in [0.05, 0.1) is 16.8 Å². The van der Waals surface area contributed by atoms with Crippen LogP contribution in [0.3, 0.4) is 0 Å². The number of para-hydroxylation sites is 1. The second kappa shape index (κ2) is 10.4. The lowest BCUT2D eigenvalue weighted by Crippen LogP contribution is -2.50. The number of piperazine rings is 1. The summed E-state index contributed by atoms with van der Waals surface area (Å²) in [6.07, 6.45) is 1.79. The molecule has 9 heteroatoms. The quantitative estimate of drug-likeness (QED) is 0.268. The molecule has 196 valence electrons. The average molecular weight is 538 g/mol. The average Bonchev–Trinajstić information content (AvgIpc) is 3.45. The minimum atomic E-state index is -0.469. The molecule has 0 radical (unpaired) electrons. The number of aromatic nitrogens is 1. The molecule has 2 aromatic heterocycles. The number of amides is 1. The molecule has 1 saturated heterocycles. The van der Waals surface area contributed by atoms with Crippen LogP contribution in [0.1, 0.15) is 20.8 Å². The van der Waals surface area contributed by atoms with Crippen LogP contribution in [-0.2, 0) is 6.54 Å². The highest BCUT2D eigenvalue weighted by Gasteiger charge is 2.29. The van der Waals surface area contributed by atoms with E-state index in [1.165, 1.54) is 11.3 Å². The first kappa shape index (κ1) is 25.0. The molecule has 1 aliphatic rings. The topological polar surface area (TPSA) is 103 Å². The monoisotopic (exact) mass is 537 g/mol. The van der Waals surface area contributed by atoms with Crippen molar-refractivity contribution < 1.29 is 4.79 Å². The Hall–Kier alpha value is -4.34. The van der Waals surface area contributed by atoms with E-state index in [1.807, 2.05) is 65.7 Å². The maximum atomic E-state index is 13.3. The maximum Gasteiger partial charge on any atom is 0.267 e. The van der Waals surface area contributed by atoms with Crippen molar-refractivity contribution in [3.8, 4) is 11.1 Å². The zero-order valence-electron chi connectivity index (χ0n) is 21.4. The Morgan fingerprint density at radius 3 is 2.72 bits per heavy atom. The number of nitrogens with zero attached hydrogens (tertiary/aromatic N) is 2. The standard InChI is InChI=1S/C30H27N5O3S/c1-18-6-7-20(16-22(18)25-26(28(37)27(25)36)35-13-11-31-12-14-35)34-30(38)29-24(9-15-39-29)33-17-19-8-10-32-23-5-3-2-4-21(19)23/h2-10,15-16,31,33H,11-14,17H2,1H3,(H,34,38). The van der Waals surface area contributed by atoms with Gasteiger partial charge in [0.2, 0.25) is 10.9 Å². The number of rotatable bonds is 7. The molecule has 5 aromatic rings. The highest BCUT2D eigenvalue weighted by molar-refractivity contribution is 7.12. The Morgan fingerprint density at radius 2 is 1.87 bits per heavy atom. The van der Waals surface area contributed by atoms with Crippen LogP contribution in [0.5, 0.6) is 0 Å². The number of pyridine rings is 1. The number of fused-ring (bicyclic) bond motifs is 1. The van der Waals surface area contributed by atoms with Gasteiger partial charge in [0, 0.05) is 50.0 Å². The van der Waals surface area contributed by atoms with E-state index < -0.39 is 10.9 Å². The lowest BCUT2D eigenvalue weighted by Gasteiger charge is -2.31. The summed E-state index contributed by atoms with van der Waals surface area (Å²) in [4.78, 5) is 45.4. The van der Waals surface area contributed by atoms with Crippen molar-refractivity contribution >= 4 is 45.2 Å². The fourth-order valence-electron chi connectivity index (χ4n) is 5.10. The smallest absolute Gasteiger partial charge is 0.267 e. The molecule has 0 aliphatic carbocycles. The molecule has 0 unspecified atom stereocenters.